The number of carboxylic acid groups (broad SMARTS) is 2. The standard InChI is InChI=1S/C41H71BrN6O14/c1-48(38(53)10-8-6-4-2-3-5-7-9-11-39(54)55)32-14-12-31(13-15-32)40(56)47-33(41(57)58)16-17-34(49)45-20-22-59-24-27-62-30-37(52)46-21-23-60-25-26-61-29-36(51)44-19-18-43-35(50)28-42/h31-33H,2-30H2,1H3,(H,43,50)(H,44,51)(H,45,49)(H,46,52)(H,47,56)(H,54,55)(H,57,58)/t31?,32?,33-/m0/s1. The smallest absolute Gasteiger partial charge is 0.326 e. The molecule has 1 rings (SSSR count). The molecule has 0 heterocycles. The van der Waals surface area contributed by atoms with Gasteiger partial charge in [-0.1, -0.05) is 54.5 Å². The lowest BCUT2D eigenvalue weighted by molar-refractivity contribution is -0.143. The van der Waals surface area contributed by atoms with E-state index in [1.807, 2.05) is 0 Å². The molecule has 7 N–H and O–H groups in total. The molecule has 0 spiro atoms. The number of rotatable bonds is 38. The number of nitrogens with zero attached hydrogens (tertiary/aromatic N) is 1. The van der Waals surface area contributed by atoms with Crippen LogP contribution in [0.2, 0.25) is 0 Å². The average molecular weight is 952 g/mol. The second kappa shape index (κ2) is 36.6. The zero-order chi connectivity index (χ0) is 45.8. The number of nitrogens with one attached hydrogen (secondary N) is 5. The second-order valence-electron chi connectivity index (χ2n) is 15.0. The van der Waals surface area contributed by atoms with Crippen molar-refractivity contribution in [1.82, 2.24) is 31.5 Å². The van der Waals surface area contributed by atoms with Gasteiger partial charge < -0.3 is 60.6 Å². The monoisotopic (exact) mass is 950 g/mol. The van der Waals surface area contributed by atoms with Gasteiger partial charge in [-0.2, -0.15) is 0 Å². The summed E-state index contributed by atoms with van der Waals surface area (Å²) in [7, 11) is 1.80. The van der Waals surface area contributed by atoms with Crippen LogP contribution in [-0.2, 0) is 57.3 Å². The minimum absolute atomic E-state index is 0.0321. The van der Waals surface area contributed by atoms with Crippen molar-refractivity contribution >= 4 is 63.3 Å². The van der Waals surface area contributed by atoms with Gasteiger partial charge in [0.15, 0.2) is 0 Å². The summed E-state index contributed by atoms with van der Waals surface area (Å²) in [5.74, 6) is -3.82. The SMILES string of the molecule is CN(C(=O)CCCCCCCCCCC(=O)O)C1CCC(C(=O)N[C@@H](CCC(=O)NCCOCCOCC(=O)NCCOCCOCC(=O)NCCNC(=O)CBr)C(=O)O)CC1. The number of ether oxygens (including phenoxy) is 4. The van der Waals surface area contributed by atoms with Crippen LogP contribution >= 0.6 is 15.9 Å². The molecule has 1 saturated carbocycles. The Morgan fingerprint density at radius 3 is 1.56 bits per heavy atom. The lowest BCUT2D eigenvalue weighted by Crippen LogP contribution is -2.46. The van der Waals surface area contributed by atoms with Gasteiger partial charge in [-0.3, -0.25) is 33.6 Å². The average Bonchev–Trinajstić information content (AvgIpc) is 3.25. The van der Waals surface area contributed by atoms with Crippen LogP contribution < -0.4 is 26.6 Å². The minimum Gasteiger partial charge on any atom is -0.481 e. The lowest BCUT2D eigenvalue weighted by Gasteiger charge is -2.34. The molecule has 1 aliphatic rings. The van der Waals surface area contributed by atoms with Gasteiger partial charge in [-0.15, -0.1) is 0 Å². The maximum absolute atomic E-state index is 13.0. The van der Waals surface area contributed by atoms with Crippen LogP contribution in [0.4, 0.5) is 0 Å². The van der Waals surface area contributed by atoms with Crippen LogP contribution in [-0.4, -0.2) is 166 Å². The topological polar surface area (TPSA) is 277 Å². The second-order valence-corrected chi connectivity index (χ2v) is 15.6. The molecule has 0 aromatic rings. The Morgan fingerprint density at radius 2 is 1.05 bits per heavy atom. The normalized spacial score (nSPS) is 15.2. The molecule has 20 nitrogen and oxygen atoms in total. The zero-order valence-corrected chi connectivity index (χ0v) is 37.9. The van der Waals surface area contributed by atoms with Gasteiger partial charge in [0, 0.05) is 64.4 Å². The molecule has 356 valence electrons. The molecule has 21 heteroatoms. The van der Waals surface area contributed by atoms with Crippen molar-refractivity contribution in [3.8, 4) is 0 Å². The molecule has 0 aliphatic heterocycles. The van der Waals surface area contributed by atoms with Crippen molar-refractivity contribution in [1.29, 1.82) is 0 Å². The van der Waals surface area contributed by atoms with Crippen LogP contribution in [0.25, 0.3) is 0 Å². The highest BCUT2D eigenvalue weighted by Gasteiger charge is 2.32. The number of alkyl halides is 1. The van der Waals surface area contributed by atoms with Crippen LogP contribution in [0, 0.1) is 5.92 Å². The van der Waals surface area contributed by atoms with E-state index in [1.54, 1.807) is 11.9 Å². The molecule has 0 bridgehead atoms. The quantitative estimate of drug-likeness (QED) is 0.0339. The summed E-state index contributed by atoms with van der Waals surface area (Å²) < 4.78 is 21.2. The summed E-state index contributed by atoms with van der Waals surface area (Å²) in [6.07, 6.45) is 10.6. The van der Waals surface area contributed by atoms with E-state index in [9.17, 15) is 43.5 Å². The van der Waals surface area contributed by atoms with E-state index in [2.05, 4.69) is 42.5 Å². The number of hydrogen-bond acceptors (Lipinski definition) is 12. The fraction of sp³-hybridized carbons (Fsp3) is 0.805. The maximum atomic E-state index is 13.0. The highest BCUT2D eigenvalue weighted by Crippen LogP contribution is 2.28. The summed E-state index contributed by atoms with van der Waals surface area (Å²) in [4.78, 5) is 96.9. The van der Waals surface area contributed by atoms with E-state index < -0.39 is 18.0 Å². The zero-order valence-electron chi connectivity index (χ0n) is 36.4. The fourth-order valence-corrected chi connectivity index (χ4v) is 6.68. The lowest BCUT2D eigenvalue weighted by atomic mass is 9.84. The van der Waals surface area contributed by atoms with Gasteiger partial charge in [0.25, 0.3) is 0 Å². The summed E-state index contributed by atoms with van der Waals surface area (Å²) in [6, 6.07) is -1.18. The van der Waals surface area contributed by atoms with Crippen molar-refractivity contribution < 1.29 is 67.5 Å². The van der Waals surface area contributed by atoms with Gasteiger partial charge in [0.05, 0.1) is 45.0 Å². The molecule has 0 aromatic carbocycles. The molecule has 1 atom stereocenters. The molecule has 0 radical (unpaired) electrons. The van der Waals surface area contributed by atoms with Gasteiger partial charge in [-0.05, 0) is 44.9 Å². The van der Waals surface area contributed by atoms with Crippen molar-refractivity contribution in [3.63, 3.8) is 0 Å². The van der Waals surface area contributed by atoms with Gasteiger partial charge in [-0.25, -0.2) is 4.79 Å². The van der Waals surface area contributed by atoms with E-state index in [4.69, 9.17) is 24.1 Å². The third kappa shape index (κ3) is 30.2. The number of halogens is 1. The molecule has 0 aromatic heterocycles. The summed E-state index contributed by atoms with van der Waals surface area (Å²) in [5.41, 5.74) is 0. The Hall–Kier alpha value is -3.92. The number of amides is 6. The summed E-state index contributed by atoms with van der Waals surface area (Å²) in [6.45, 7) is 1.90. The van der Waals surface area contributed by atoms with Crippen molar-refractivity contribution in [2.75, 3.05) is 91.4 Å². The molecule has 6 amide bonds. The first-order valence-corrected chi connectivity index (χ1v) is 22.9. The number of aliphatic carboxylic acids is 2. The highest BCUT2D eigenvalue weighted by molar-refractivity contribution is 9.09. The predicted molar refractivity (Wildman–Crippen MR) is 230 cm³/mol. The molecular formula is C41H71BrN6O14. The molecular weight excluding hydrogens is 880 g/mol. The Labute approximate surface area is 373 Å². The fourth-order valence-electron chi connectivity index (χ4n) is 6.48. The molecule has 0 unspecified atom stereocenters. The number of unbranched alkanes of at least 4 members (excludes halogenated alkanes) is 7. The van der Waals surface area contributed by atoms with Gasteiger partial charge in [0.2, 0.25) is 35.4 Å². The van der Waals surface area contributed by atoms with Crippen LogP contribution in [0.3, 0.4) is 0 Å². The van der Waals surface area contributed by atoms with Crippen molar-refractivity contribution in [2.45, 2.75) is 115 Å². The first-order chi connectivity index (χ1) is 29.8. The first kappa shape index (κ1) is 56.1. The van der Waals surface area contributed by atoms with Gasteiger partial charge in [0.1, 0.15) is 19.3 Å². The maximum Gasteiger partial charge on any atom is 0.326 e. The Morgan fingerprint density at radius 1 is 0.581 bits per heavy atom. The summed E-state index contributed by atoms with van der Waals surface area (Å²) in [5, 5.41) is 31.7. The van der Waals surface area contributed by atoms with Crippen molar-refractivity contribution in [2.24, 2.45) is 5.92 Å². The summed E-state index contributed by atoms with van der Waals surface area (Å²) >= 11 is 3.03. The van der Waals surface area contributed by atoms with Crippen LogP contribution in [0.1, 0.15) is 103 Å². The van der Waals surface area contributed by atoms with E-state index in [1.165, 1.54) is 0 Å². The number of hydrogen-bond donors (Lipinski definition) is 7. The first-order valence-electron chi connectivity index (χ1n) is 21.8. The molecule has 62 heavy (non-hydrogen) atoms. The Bertz CT molecular complexity index is 1340. The van der Waals surface area contributed by atoms with Crippen molar-refractivity contribution in [3.05, 3.63) is 0 Å². The Kier molecular flexibility index (Phi) is 33.1. The molecule has 1 aliphatic carbocycles. The third-order valence-electron chi connectivity index (χ3n) is 10.1. The third-order valence-corrected chi connectivity index (χ3v) is 10.6. The highest BCUT2D eigenvalue weighted by atomic mass is 79.9. The van der Waals surface area contributed by atoms with Crippen LogP contribution in [0.5, 0.6) is 0 Å². The minimum atomic E-state index is -1.22. The van der Waals surface area contributed by atoms with E-state index in [-0.39, 0.29) is 138 Å². The Balaban J connectivity index is 2.06. The predicted octanol–water partition coefficient (Wildman–Crippen LogP) is 1.26. The molecule has 1 fully saturated rings. The number of carbonyl (C=O) groups excluding carboxylic acids is 6. The van der Waals surface area contributed by atoms with Crippen LogP contribution in [0.15, 0.2) is 0 Å². The number of carboxylic acids is 2. The largest absolute Gasteiger partial charge is 0.481 e. The van der Waals surface area contributed by atoms with E-state index in [0.29, 0.717) is 45.2 Å². The molecule has 0 saturated heterocycles. The number of carbonyl (C=O) groups is 8. The van der Waals surface area contributed by atoms with E-state index >= 15 is 0 Å². The van der Waals surface area contributed by atoms with Gasteiger partial charge >= 0.3 is 11.9 Å². The van der Waals surface area contributed by atoms with E-state index in [0.717, 1.165) is 51.4 Å².